The molecule has 0 saturated carbocycles. The zero-order valence-electron chi connectivity index (χ0n) is 11.5. The van der Waals surface area contributed by atoms with Crippen molar-refractivity contribution in [2.75, 3.05) is 0 Å². The molecule has 0 saturated heterocycles. The van der Waals surface area contributed by atoms with Crippen molar-refractivity contribution < 1.29 is 9.59 Å². The summed E-state index contributed by atoms with van der Waals surface area (Å²) >= 11 is 0. The fraction of sp³-hybridized carbons (Fsp3) is 0.846. The monoisotopic (exact) mass is 227 g/mol. The van der Waals surface area contributed by atoms with E-state index in [2.05, 4.69) is 26.1 Å². The lowest BCUT2D eigenvalue weighted by Crippen LogP contribution is -2.41. The second-order valence-electron chi connectivity index (χ2n) is 5.95. The summed E-state index contributed by atoms with van der Waals surface area (Å²) in [6.07, 6.45) is 0. The highest BCUT2D eigenvalue weighted by Crippen LogP contribution is 2.31. The maximum atomic E-state index is 11.8. The molecule has 0 radical (unpaired) electrons. The van der Waals surface area contributed by atoms with Gasteiger partial charge in [-0.25, -0.2) is 0 Å². The van der Waals surface area contributed by atoms with E-state index in [1.165, 1.54) is 0 Å². The summed E-state index contributed by atoms with van der Waals surface area (Å²) in [7, 11) is 0. The van der Waals surface area contributed by atoms with E-state index in [1.807, 2.05) is 13.8 Å². The summed E-state index contributed by atoms with van der Waals surface area (Å²) in [6.45, 7) is 13.8. The molecule has 2 atom stereocenters. The predicted molar refractivity (Wildman–Crippen MR) is 65.8 cm³/mol. The van der Waals surface area contributed by atoms with Crippen LogP contribution in [0.4, 0.5) is 0 Å². The molecular weight excluding hydrogens is 202 g/mol. The molecule has 0 aromatic heterocycles. The van der Waals surface area contributed by atoms with Gasteiger partial charge in [-0.1, -0.05) is 48.5 Å². The van der Waals surface area contributed by atoms with Gasteiger partial charge in [0.1, 0.15) is 0 Å². The second kappa shape index (κ2) is 5.46. The number of carbonyl (C=O) groups excluding carboxylic acids is 2. The van der Waals surface area contributed by atoms with Crippen LogP contribution in [-0.2, 0) is 9.59 Å². The van der Waals surface area contributed by atoms with E-state index in [4.69, 9.17) is 0 Å². The van der Waals surface area contributed by atoms with Crippen molar-refractivity contribution in [3.63, 3.8) is 0 Å². The summed E-state index contributed by atoms with van der Waals surface area (Å²) in [4.78, 5) is 23.2. The fourth-order valence-corrected chi connectivity index (χ4v) is 1.36. The zero-order chi connectivity index (χ0) is 13.1. The zero-order valence-corrected chi connectivity index (χ0v) is 11.5. The third kappa shape index (κ3) is 4.33. The van der Waals surface area contributed by atoms with E-state index < -0.39 is 0 Å². The van der Waals surface area contributed by atoms with E-state index in [0.29, 0.717) is 0 Å². The van der Waals surface area contributed by atoms with Gasteiger partial charge in [-0.05, 0) is 11.3 Å². The van der Waals surface area contributed by atoms with Crippen LogP contribution in [0.5, 0.6) is 0 Å². The van der Waals surface area contributed by atoms with Crippen LogP contribution in [0.25, 0.3) is 0 Å². The molecule has 0 aromatic carbocycles. The summed E-state index contributed by atoms with van der Waals surface area (Å²) < 4.78 is 0. The molecule has 0 aliphatic rings. The van der Waals surface area contributed by atoms with Crippen LogP contribution in [0, 0.1) is 23.2 Å². The van der Waals surface area contributed by atoms with Crippen LogP contribution in [0.2, 0.25) is 0 Å². The van der Waals surface area contributed by atoms with Crippen molar-refractivity contribution in [3.05, 3.63) is 0 Å². The van der Waals surface area contributed by atoms with Crippen LogP contribution in [-0.4, -0.2) is 11.8 Å². The SMILES string of the molecule is CC(C)C(=O)NC(=O)[C@@H](C)[C@@H](C)C(C)(C)C. The van der Waals surface area contributed by atoms with Gasteiger partial charge in [-0.2, -0.15) is 0 Å². The summed E-state index contributed by atoms with van der Waals surface area (Å²) in [6, 6.07) is 0. The van der Waals surface area contributed by atoms with Gasteiger partial charge in [-0.15, -0.1) is 0 Å². The summed E-state index contributed by atoms with van der Waals surface area (Å²) in [5, 5.41) is 2.45. The Morgan fingerprint density at radius 2 is 1.38 bits per heavy atom. The number of hydrogen-bond donors (Lipinski definition) is 1. The smallest absolute Gasteiger partial charge is 0.229 e. The number of amides is 2. The molecule has 3 heteroatoms. The minimum Gasteiger partial charge on any atom is -0.296 e. The van der Waals surface area contributed by atoms with Crippen LogP contribution in [0.15, 0.2) is 0 Å². The van der Waals surface area contributed by atoms with Gasteiger partial charge >= 0.3 is 0 Å². The quantitative estimate of drug-likeness (QED) is 0.805. The molecule has 16 heavy (non-hydrogen) atoms. The first-order valence-corrected chi connectivity index (χ1v) is 5.92. The second-order valence-corrected chi connectivity index (χ2v) is 5.95. The summed E-state index contributed by atoms with van der Waals surface area (Å²) in [5.74, 6) is -0.435. The standard InChI is InChI=1S/C13H25NO2/c1-8(2)11(15)14-12(16)9(3)10(4)13(5,6)7/h8-10H,1-7H3,(H,14,15,16)/t9-,10+/m0/s1. The molecule has 0 heterocycles. The first kappa shape index (κ1) is 15.1. The maximum absolute atomic E-state index is 11.8. The van der Waals surface area contributed by atoms with E-state index in [9.17, 15) is 9.59 Å². The molecule has 0 bridgehead atoms. The number of rotatable bonds is 3. The molecular formula is C13H25NO2. The van der Waals surface area contributed by atoms with Gasteiger partial charge in [0.05, 0.1) is 0 Å². The highest BCUT2D eigenvalue weighted by molar-refractivity contribution is 5.96. The van der Waals surface area contributed by atoms with Gasteiger partial charge in [0.15, 0.2) is 0 Å². The molecule has 0 aliphatic carbocycles. The molecule has 0 fully saturated rings. The minimum absolute atomic E-state index is 0.0671. The largest absolute Gasteiger partial charge is 0.296 e. The number of nitrogens with one attached hydrogen (secondary N) is 1. The van der Waals surface area contributed by atoms with Crippen molar-refractivity contribution in [1.29, 1.82) is 0 Å². The Morgan fingerprint density at radius 3 is 1.69 bits per heavy atom. The third-order valence-corrected chi connectivity index (χ3v) is 3.30. The van der Waals surface area contributed by atoms with Gasteiger partial charge in [-0.3, -0.25) is 14.9 Å². The highest BCUT2D eigenvalue weighted by atomic mass is 16.2. The Labute approximate surface area is 99.0 Å². The summed E-state index contributed by atoms with van der Waals surface area (Å²) in [5.41, 5.74) is 0.0671. The average Bonchev–Trinajstić information content (AvgIpc) is 2.13. The van der Waals surface area contributed by atoms with Crippen molar-refractivity contribution in [3.8, 4) is 0 Å². The lowest BCUT2D eigenvalue weighted by Gasteiger charge is -2.31. The predicted octanol–water partition coefficient (Wildman–Crippen LogP) is 2.60. The Morgan fingerprint density at radius 1 is 0.938 bits per heavy atom. The van der Waals surface area contributed by atoms with Crippen LogP contribution >= 0.6 is 0 Å². The Balaban J connectivity index is 4.46. The minimum atomic E-state index is -0.196. The highest BCUT2D eigenvalue weighted by Gasteiger charge is 2.30. The van der Waals surface area contributed by atoms with Gasteiger partial charge in [0.25, 0.3) is 0 Å². The Hall–Kier alpha value is -0.860. The van der Waals surface area contributed by atoms with Crippen molar-refractivity contribution in [2.45, 2.75) is 48.5 Å². The van der Waals surface area contributed by atoms with Crippen molar-refractivity contribution in [1.82, 2.24) is 5.32 Å². The van der Waals surface area contributed by atoms with Crippen LogP contribution in [0.3, 0.4) is 0 Å². The number of hydrogen-bond acceptors (Lipinski definition) is 2. The molecule has 0 spiro atoms. The fourth-order valence-electron chi connectivity index (χ4n) is 1.36. The lowest BCUT2D eigenvalue weighted by atomic mass is 9.74. The third-order valence-electron chi connectivity index (χ3n) is 3.30. The molecule has 1 N–H and O–H groups in total. The molecule has 0 unspecified atom stereocenters. The van der Waals surface area contributed by atoms with Crippen LogP contribution in [0.1, 0.15) is 48.5 Å². The Kier molecular flexibility index (Phi) is 5.17. The van der Waals surface area contributed by atoms with Gasteiger partial charge in [0, 0.05) is 11.8 Å². The van der Waals surface area contributed by atoms with Crippen LogP contribution < -0.4 is 5.32 Å². The van der Waals surface area contributed by atoms with Crippen molar-refractivity contribution in [2.24, 2.45) is 23.2 Å². The van der Waals surface area contributed by atoms with E-state index in [0.717, 1.165) is 0 Å². The molecule has 0 rings (SSSR count). The first-order valence-electron chi connectivity index (χ1n) is 5.92. The average molecular weight is 227 g/mol. The molecule has 0 aliphatic heterocycles. The molecule has 3 nitrogen and oxygen atoms in total. The number of imide groups is 1. The maximum Gasteiger partial charge on any atom is 0.229 e. The first-order chi connectivity index (χ1) is 7.07. The van der Waals surface area contributed by atoms with E-state index in [1.54, 1.807) is 13.8 Å². The van der Waals surface area contributed by atoms with Crippen molar-refractivity contribution >= 4 is 11.8 Å². The Bertz CT molecular complexity index is 264. The van der Waals surface area contributed by atoms with E-state index in [-0.39, 0.29) is 35.0 Å². The molecule has 2 amide bonds. The number of carbonyl (C=O) groups is 2. The van der Waals surface area contributed by atoms with E-state index >= 15 is 0 Å². The normalized spacial score (nSPS) is 15.8. The molecule has 0 aromatic rings. The topological polar surface area (TPSA) is 46.2 Å². The molecule has 94 valence electrons. The van der Waals surface area contributed by atoms with Gasteiger partial charge in [0.2, 0.25) is 11.8 Å². The lowest BCUT2D eigenvalue weighted by molar-refractivity contribution is -0.135. The van der Waals surface area contributed by atoms with Gasteiger partial charge < -0.3 is 0 Å².